The van der Waals surface area contributed by atoms with Crippen LogP contribution in [-0.2, 0) is 0 Å². The molecule has 1 unspecified atom stereocenters. The first-order valence-electron chi connectivity index (χ1n) is 5.43. The quantitative estimate of drug-likeness (QED) is 0.617. The molecule has 0 radical (unpaired) electrons. The second kappa shape index (κ2) is 5.29. The van der Waals surface area contributed by atoms with E-state index in [1.165, 1.54) is 25.8 Å². The molecule has 1 N–H and O–H groups in total. The van der Waals surface area contributed by atoms with E-state index in [2.05, 4.69) is 18.2 Å². The van der Waals surface area contributed by atoms with Crippen molar-refractivity contribution in [1.29, 1.82) is 0 Å². The van der Waals surface area contributed by atoms with Gasteiger partial charge in [0.1, 0.15) is 0 Å². The Morgan fingerprint density at radius 3 is 2.46 bits per heavy atom. The monoisotopic (exact) mass is 179 g/mol. The van der Waals surface area contributed by atoms with Gasteiger partial charge in [0.25, 0.3) is 0 Å². The highest BCUT2D eigenvalue weighted by Gasteiger charge is 2.47. The zero-order valence-electron chi connectivity index (χ0n) is 8.84. The van der Waals surface area contributed by atoms with Crippen LogP contribution in [0.4, 0.5) is 0 Å². The summed E-state index contributed by atoms with van der Waals surface area (Å²) in [5, 5.41) is 3.27. The van der Waals surface area contributed by atoms with E-state index in [0.29, 0.717) is 0 Å². The maximum Gasteiger partial charge on any atom is 0.00889 e. The van der Waals surface area contributed by atoms with Crippen LogP contribution in [0.25, 0.3) is 0 Å². The third-order valence-corrected chi connectivity index (χ3v) is 3.19. The lowest BCUT2D eigenvalue weighted by Crippen LogP contribution is -2.11. The van der Waals surface area contributed by atoms with Crippen LogP contribution in [0.1, 0.15) is 32.6 Å². The predicted molar refractivity (Wildman–Crippen MR) is 57.4 cm³/mol. The standard InChI is InChI=1S/C12H21N/c1-4-6-8-11-10(7-5-2)12(11)9-13-3/h1,10-13H,5-9H2,2-3H3/t10-,11+,12?/m0/s1. The van der Waals surface area contributed by atoms with E-state index in [9.17, 15) is 0 Å². The van der Waals surface area contributed by atoms with E-state index >= 15 is 0 Å². The maximum atomic E-state index is 5.28. The predicted octanol–water partition coefficient (Wildman–Crippen LogP) is 2.28. The zero-order valence-corrected chi connectivity index (χ0v) is 8.84. The molecule has 1 fully saturated rings. The fraction of sp³-hybridized carbons (Fsp3) is 0.833. The molecule has 3 atom stereocenters. The molecule has 0 heterocycles. The van der Waals surface area contributed by atoms with E-state index in [1.807, 2.05) is 7.05 Å². The molecule has 0 aliphatic heterocycles. The molecule has 1 aliphatic rings. The van der Waals surface area contributed by atoms with E-state index in [4.69, 9.17) is 6.42 Å². The summed E-state index contributed by atoms with van der Waals surface area (Å²) in [6, 6.07) is 0. The van der Waals surface area contributed by atoms with Crippen LogP contribution in [-0.4, -0.2) is 13.6 Å². The summed E-state index contributed by atoms with van der Waals surface area (Å²) in [6.07, 6.45) is 10.2. The molecule has 1 saturated carbocycles. The topological polar surface area (TPSA) is 12.0 Å². The van der Waals surface area contributed by atoms with Crippen LogP contribution in [0, 0.1) is 30.1 Å². The highest BCUT2D eigenvalue weighted by Crippen LogP contribution is 2.51. The Balaban J connectivity index is 2.25. The summed E-state index contributed by atoms with van der Waals surface area (Å²) in [7, 11) is 2.04. The van der Waals surface area contributed by atoms with Crippen molar-refractivity contribution >= 4 is 0 Å². The fourth-order valence-electron chi connectivity index (χ4n) is 2.50. The Morgan fingerprint density at radius 2 is 1.92 bits per heavy atom. The van der Waals surface area contributed by atoms with Crippen LogP contribution in [0.5, 0.6) is 0 Å². The largest absolute Gasteiger partial charge is 0.319 e. The Kier molecular flexibility index (Phi) is 4.32. The van der Waals surface area contributed by atoms with Gasteiger partial charge in [-0.2, -0.15) is 0 Å². The molecule has 0 aromatic rings. The first kappa shape index (κ1) is 10.6. The van der Waals surface area contributed by atoms with Gasteiger partial charge < -0.3 is 5.32 Å². The average molecular weight is 179 g/mol. The smallest absolute Gasteiger partial charge is 0.00889 e. The number of hydrogen-bond acceptors (Lipinski definition) is 1. The highest BCUT2D eigenvalue weighted by atomic mass is 14.8. The lowest BCUT2D eigenvalue weighted by Gasteiger charge is -1.95. The van der Waals surface area contributed by atoms with Gasteiger partial charge in [0.15, 0.2) is 0 Å². The van der Waals surface area contributed by atoms with Crippen LogP contribution in [0.2, 0.25) is 0 Å². The highest BCUT2D eigenvalue weighted by molar-refractivity contribution is 4.99. The first-order valence-corrected chi connectivity index (χ1v) is 5.43. The van der Waals surface area contributed by atoms with Crippen LogP contribution < -0.4 is 5.32 Å². The average Bonchev–Trinajstić information content (AvgIpc) is 2.77. The Hall–Kier alpha value is -0.480. The number of rotatable bonds is 6. The summed E-state index contributed by atoms with van der Waals surface area (Å²) in [5.41, 5.74) is 0. The second-order valence-corrected chi connectivity index (χ2v) is 4.08. The van der Waals surface area contributed by atoms with Gasteiger partial charge in [-0.05, 0) is 37.8 Å². The molecule has 1 heteroatoms. The first-order chi connectivity index (χ1) is 6.35. The molecule has 0 amide bonds. The normalized spacial score (nSPS) is 31.3. The van der Waals surface area contributed by atoms with Crippen molar-refractivity contribution in [2.45, 2.75) is 32.6 Å². The van der Waals surface area contributed by atoms with Crippen molar-refractivity contribution < 1.29 is 0 Å². The van der Waals surface area contributed by atoms with Gasteiger partial charge >= 0.3 is 0 Å². The summed E-state index contributed by atoms with van der Waals surface area (Å²) in [5.74, 6) is 5.54. The second-order valence-electron chi connectivity index (χ2n) is 4.08. The van der Waals surface area contributed by atoms with Crippen LogP contribution >= 0.6 is 0 Å². The zero-order chi connectivity index (χ0) is 9.68. The molecule has 0 aromatic heterocycles. The summed E-state index contributed by atoms with van der Waals surface area (Å²) in [6.45, 7) is 3.45. The fourth-order valence-corrected chi connectivity index (χ4v) is 2.50. The Labute approximate surface area is 82.3 Å². The number of terminal acetylenes is 1. The summed E-state index contributed by atoms with van der Waals surface area (Å²) < 4.78 is 0. The number of hydrogen-bond donors (Lipinski definition) is 1. The van der Waals surface area contributed by atoms with E-state index in [0.717, 1.165) is 24.2 Å². The summed E-state index contributed by atoms with van der Waals surface area (Å²) >= 11 is 0. The molecular weight excluding hydrogens is 158 g/mol. The molecule has 74 valence electrons. The van der Waals surface area contributed by atoms with E-state index < -0.39 is 0 Å². The van der Waals surface area contributed by atoms with Crippen molar-refractivity contribution in [2.75, 3.05) is 13.6 Å². The maximum absolute atomic E-state index is 5.28. The molecule has 1 aliphatic carbocycles. The molecular formula is C12H21N. The minimum Gasteiger partial charge on any atom is -0.319 e. The van der Waals surface area contributed by atoms with Crippen LogP contribution in [0.3, 0.4) is 0 Å². The molecule has 13 heavy (non-hydrogen) atoms. The van der Waals surface area contributed by atoms with Crippen molar-refractivity contribution in [1.82, 2.24) is 5.32 Å². The van der Waals surface area contributed by atoms with Gasteiger partial charge in [0.2, 0.25) is 0 Å². The molecule has 0 saturated heterocycles. The lowest BCUT2D eigenvalue weighted by molar-refractivity contribution is 0.602. The van der Waals surface area contributed by atoms with Gasteiger partial charge in [-0.3, -0.25) is 0 Å². The molecule has 0 bridgehead atoms. The third kappa shape index (κ3) is 2.74. The molecule has 1 nitrogen and oxygen atoms in total. The SMILES string of the molecule is C#CCC[C@H]1C(CNC)[C@H]1CCC. The van der Waals surface area contributed by atoms with E-state index in [-0.39, 0.29) is 0 Å². The number of nitrogens with one attached hydrogen (secondary N) is 1. The minimum atomic E-state index is 0.915. The van der Waals surface area contributed by atoms with E-state index in [1.54, 1.807) is 0 Å². The molecule has 0 aromatic carbocycles. The molecule has 0 spiro atoms. The van der Waals surface area contributed by atoms with Gasteiger partial charge in [0, 0.05) is 6.42 Å². The van der Waals surface area contributed by atoms with Gasteiger partial charge in [-0.1, -0.05) is 19.8 Å². The van der Waals surface area contributed by atoms with Crippen molar-refractivity contribution in [2.24, 2.45) is 17.8 Å². The molecule has 1 rings (SSSR count). The van der Waals surface area contributed by atoms with Crippen molar-refractivity contribution in [3.63, 3.8) is 0 Å². The van der Waals surface area contributed by atoms with Gasteiger partial charge in [-0.25, -0.2) is 0 Å². The minimum absolute atomic E-state index is 0.915. The van der Waals surface area contributed by atoms with Gasteiger partial charge in [-0.15, -0.1) is 12.3 Å². The summed E-state index contributed by atoms with van der Waals surface area (Å²) in [4.78, 5) is 0. The lowest BCUT2D eigenvalue weighted by atomic mass is 10.1. The van der Waals surface area contributed by atoms with Crippen molar-refractivity contribution in [3.8, 4) is 12.3 Å². The van der Waals surface area contributed by atoms with Gasteiger partial charge in [0.05, 0.1) is 0 Å². The third-order valence-electron chi connectivity index (χ3n) is 3.19. The van der Waals surface area contributed by atoms with Crippen molar-refractivity contribution in [3.05, 3.63) is 0 Å². The van der Waals surface area contributed by atoms with Crippen LogP contribution in [0.15, 0.2) is 0 Å². The Bertz CT molecular complexity index is 168. The Morgan fingerprint density at radius 1 is 1.23 bits per heavy atom.